The summed E-state index contributed by atoms with van der Waals surface area (Å²) in [6, 6.07) is 5.44. The monoisotopic (exact) mass is 264 g/mol. The first-order chi connectivity index (χ1) is 9.15. The fourth-order valence-electron chi connectivity index (χ4n) is 1.61. The average molecular weight is 264 g/mol. The van der Waals surface area contributed by atoms with E-state index in [4.69, 9.17) is 14.4 Å². The standard InChI is InChI=1S/C13H16N2O4/c1-9-6-5-7-10(11(9)8-19-14-2)12(15-18-4)13(16)17-3/h5-7H,2,8H2,1,3-4H3/b15-12+. The number of esters is 1. The fourth-order valence-corrected chi connectivity index (χ4v) is 1.61. The average Bonchev–Trinajstić information content (AvgIpc) is 2.42. The minimum Gasteiger partial charge on any atom is -0.464 e. The van der Waals surface area contributed by atoms with Gasteiger partial charge in [0.25, 0.3) is 0 Å². The Morgan fingerprint density at radius 1 is 1.37 bits per heavy atom. The zero-order chi connectivity index (χ0) is 14.3. The van der Waals surface area contributed by atoms with Crippen LogP contribution in [0.15, 0.2) is 28.5 Å². The summed E-state index contributed by atoms with van der Waals surface area (Å²) >= 11 is 0. The zero-order valence-corrected chi connectivity index (χ0v) is 11.2. The number of hydrogen-bond acceptors (Lipinski definition) is 6. The maximum absolute atomic E-state index is 11.7. The van der Waals surface area contributed by atoms with E-state index in [1.165, 1.54) is 14.2 Å². The zero-order valence-electron chi connectivity index (χ0n) is 11.2. The van der Waals surface area contributed by atoms with Crippen LogP contribution < -0.4 is 0 Å². The lowest BCUT2D eigenvalue weighted by molar-refractivity contribution is -0.132. The Morgan fingerprint density at radius 2 is 2.11 bits per heavy atom. The molecule has 0 heterocycles. The van der Waals surface area contributed by atoms with Crippen LogP contribution in [-0.2, 0) is 25.8 Å². The molecule has 0 amide bonds. The van der Waals surface area contributed by atoms with Gasteiger partial charge in [-0.15, -0.1) is 5.16 Å². The van der Waals surface area contributed by atoms with Gasteiger partial charge in [0, 0.05) is 17.8 Å². The van der Waals surface area contributed by atoms with Crippen molar-refractivity contribution in [3.8, 4) is 0 Å². The highest BCUT2D eigenvalue weighted by molar-refractivity contribution is 6.43. The molecule has 0 spiro atoms. The molecule has 0 bridgehead atoms. The summed E-state index contributed by atoms with van der Waals surface area (Å²) in [4.78, 5) is 21.4. The second kappa shape index (κ2) is 7.15. The third-order valence-electron chi connectivity index (χ3n) is 2.53. The van der Waals surface area contributed by atoms with Crippen LogP contribution in [0.1, 0.15) is 16.7 Å². The predicted octanol–water partition coefficient (Wildman–Crippen LogP) is 1.65. The lowest BCUT2D eigenvalue weighted by Crippen LogP contribution is -2.20. The van der Waals surface area contributed by atoms with Crippen LogP contribution in [-0.4, -0.2) is 32.6 Å². The number of methoxy groups -OCH3 is 1. The Morgan fingerprint density at radius 3 is 2.68 bits per heavy atom. The van der Waals surface area contributed by atoms with Crippen molar-refractivity contribution in [2.24, 2.45) is 10.3 Å². The van der Waals surface area contributed by atoms with Gasteiger partial charge in [-0.05, 0) is 12.5 Å². The van der Waals surface area contributed by atoms with E-state index in [0.29, 0.717) is 5.56 Å². The van der Waals surface area contributed by atoms with Crippen molar-refractivity contribution in [2.45, 2.75) is 13.5 Å². The Kier molecular flexibility index (Phi) is 5.53. The van der Waals surface area contributed by atoms with Gasteiger partial charge in [-0.3, -0.25) is 0 Å². The molecule has 1 aromatic rings. The Hall–Kier alpha value is -2.37. The van der Waals surface area contributed by atoms with E-state index in [1.807, 2.05) is 19.1 Å². The molecule has 1 rings (SSSR count). The molecule has 6 heteroatoms. The summed E-state index contributed by atoms with van der Waals surface area (Å²) in [6.07, 6.45) is 0. The smallest absolute Gasteiger partial charge is 0.360 e. The molecule has 0 saturated heterocycles. The molecule has 0 N–H and O–H groups in total. The highest BCUT2D eigenvalue weighted by Gasteiger charge is 2.20. The normalized spacial score (nSPS) is 10.8. The van der Waals surface area contributed by atoms with Crippen LogP contribution in [0.5, 0.6) is 0 Å². The molecule has 0 radical (unpaired) electrons. The quantitative estimate of drug-likeness (QED) is 0.445. The van der Waals surface area contributed by atoms with Gasteiger partial charge in [-0.2, -0.15) is 0 Å². The van der Waals surface area contributed by atoms with Crippen molar-refractivity contribution in [1.29, 1.82) is 0 Å². The topological polar surface area (TPSA) is 69.5 Å². The number of rotatable bonds is 6. The summed E-state index contributed by atoms with van der Waals surface area (Å²) in [7, 11) is 2.64. The van der Waals surface area contributed by atoms with Crippen molar-refractivity contribution in [2.75, 3.05) is 14.2 Å². The van der Waals surface area contributed by atoms with Crippen LogP contribution in [0.25, 0.3) is 0 Å². The first-order valence-corrected chi connectivity index (χ1v) is 5.52. The van der Waals surface area contributed by atoms with Gasteiger partial charge in [0.05, 0.1) is 7.11 Å². The molecule has 6 nitrogen and oxygen atoms in total. The molecule has 0 unspecified atom stereocenters. The van der Waals surface area contributed by atoms with E-state index in [2.05, 4.69) is 17.0 Å². The van der Waals surface area contributed by atoms with Crippen LogP contribution in [0.2, 0.25) is 0 Å². The summed E-state index contributed by atoms with van der Waals surface area (Å²) in [5, 5.41) is 7.06. The van der Waals surface area contributed by atoms with Crippen molar-refractivity contribution >= 4 is 18.4 Å². The molecule has 0 aromatic heterocycles. The maximum atomic E-state index is 11.7. The molecule has 102 valence electrons. The van der Waals surface area contributed by atoms with Crippen LogP contribution in [0.3, 0.4) is 0 Å². The van der Waals surface area contributed by atoms with Crippen LogP contribution in [0, 0.1) is 6.92 Å². The molecule has 1 aromatic carbocycles. The lowest BCUT2D eigenvalue weighted by Gasteiger charge is -2.12. The van der Waals surface area contributed by atoms with Crippen molar-refractivity contribution < 1.29 is 19.2 Å². The first kappa shape index (κ1) is 14.7. The number of nitrogens with zero attached hydrogens (tertiary/aromatic N) is 2. The van der Waals surface area contributed by atoms with Gasteiger partial charge in [-0.25, -0.2) is 4.79 Å². The van der Waals surface area contributed by atoms with E-state index < -0.39 is 5.97 Å². The van der Waals surface area contributed by atoms with E-state index in [0.717, 1.165) is 11.1 Å². The highest BCUT2D eigenvalue weighted by Crippen LogP contribution is 2.17. The second-order valence-electron chi connectivity index (χ2n) is 3.62. The second-order valence-corrected chi connectivity index (χ2v) is 3.62. The highest BCUT2D eigenvalue weighted by atomic mass is 16.6. The third kappa shape index (κ3) is 3.54. The fraction of sp³-hybridized carbons (Fsp3) is 0.308. The number of carbonyl (C=O) groups is 1. The molecule has 0 atom stereocenters. The molecule has 19 heavy (non-hydrogen) atoms. The Balaban J connectivity index is 3.29. The summed E-state index contributed by atoms with van der Waals surface area (Å²) < 4.78 is 4.69. The van der Waals surface area contributed by atoms with Crippen LogP contribution in [0.4, 0.5) is 0 Å². The number of benzene rings is 1. The van der Waals surface area contributed by atoms with Gasteiger partial charge in [0.2, 0.25) is 0 Å². The molecule has 0 aliphatic carbocycles. The molecular formula is C13H16N2O4. The van der Waals surface area contributed by atoms with Gasteiger partial charge in [0.15, 0.2) is 5.71 Å². The van der Waals surface area contributed by atoms with Gasteiger partial charge < -0.3 is 14.4 Å². The number of aryl methyl sites for hydroxylation is 1. The van der Waals surface area contributed by atoms with Crippen molar-refractivity contribution in [1.82, 2.24) is 0 Å². The predicted molar refractivity (Wildman–Crippen MR) is 71.1 cm³/mol. The largest absolute Gasteiger partial charge is 0.464 e. The summed E-state index contributed by atoms with van der Waals surface area (Å²) in [5.74, 6) is -0.583. The van der Waals surface area contributed by atoms with E-state index in [-0.39, 0.29) is 12.3 Å². The minimum atomic E-state index is -0.583. The number of hydrogen-bond donors (Lipinski definition) is 0. The maximum Gasteiger partial charge on any atom is 0.360 e. The minimum absolute atomic E-state index is 0.0800. The van der Waals surface area contributed by atoms with Gasteiger partial charge in [0.1, 0.15) is 13.7 Å². The third-order valence-corrected chi connectivity index (χ3v) is 2.53. The lowest BCUT2D eigenvalue weighted by atomic mass is 9.99. The van der Waals surface area contributed by atoms with Crippen LogP contribution >= 0.6 is 0 Å². The molecule has 0 aliphatic heterocycles. The number of carbonyl (C=O) groups excluding carboxylic acids is 1. The molecular weight excluding hydrogens is 248 g/mol. The molecule has 0 aliphatic rings. The number of oxime groups is 2. The van der Waals surface area contributed by atoms with Crippen molar-refractivity contribution in [3.63, 3.8) is 0 Å². The van der Waals surface area contributed by atoms with E-state index in [9.17, 15) is 4.79 Å². The van der Waals surface area contributed by atoms with Gasteiger partial charge in [-0.1, -0.05) is 23.4 Å². The van der Waals surface area contributed by atoms with Gasteiger partial charge >= 0.3 is 5.97 Å². The summed E-state index contributed by atoms with van der Waals surface area (Å²) in [6.45, 7) is 5.33. The van der Waals surface area contributed by atoms with E-state index in [1.54, 1.807) is 6.07 Å². The Labute approximate surface area is 111 Å². The summed E-state index contributed by atoms with van der Waals surface area (Å²) in [5.41, 5.74) is 2.37. The number of ether oxygens (including phenoxy) is 1. The SMILES string of the molecule is C=NOCc1c(C)cccc1/C(=N\OC)C(=O)OC. The molecule has 0 saturated carbocycles. The first-order valence-electron chi connectivity index (χ1n) is 5.52. The van der Waals surface area contributed by atoms with E-state index >= 15 is 0 Å². The van der Waals surface area contributed by atoms with Crippen molar-refractivity contribution in [3.05, 3.63) is 34.9 Å². The Bertz CT molecular complexity index is 497. The molecule has 0 fully saturated rings.